The van der Waals surface area contributed by atoms with Crippen LogP contribution in [0, 0.1) is 5.92 Å². The predicted molar refractivity (Wildman–Crippen MR) is 68.5 cm³/mol. The summed E-state index contributed by atoms with van der Waals surface area (Å²) in [7, 11) is -1.42. The van der Waals surface area contributed by atoms with Crippen molar-refractivity contribution in [3.8, 4) is 0 Å². The van der Waals surface area contributed by atoms with E-state index in [1.165, 1.54) is 19.3 Å². The van der Waals surface area contributed by atoms with Crippen LogP contribution in [0.1, 0.15) is 25.7 Å². The maximum Gasteiger partial charge on any atom is 0.211 e. The van der Waals surface area contributed by atoms with Gasteiger partial charge in [0.25, 0.3) is 0 Å². The van der Waals surface area contributed by atoms with Gasteiger partial charge in [-0.2, -0.15) is 0 Å². The molecule has 0 aromatic rings. The first-order valence-electron chi connectivity index (χ1n) is 6.31. The van der Waals surface area contributed by atoms with Gasteiger partial charge in [0, 0.05) is 26.7 Å². The van der Waals surface area contributed by atoms with E-state index in [2.05, 4.69) is 10.0 Å². The summed E-state index contributed by atoms with van der Waals surface area (Å²) in [6.45, 7) is 2.50. The van der Waals surface area contributed by atoms with E-state index in [4.69, 9.17) is 4.74 Å². The molecule has 0 heterocycles. The molecule has 1 fully saturated rings. The van der Waals surface area contributed by atoms with Crippen molar-refractivity contribution >= 4 is 10.0 Å². The largest absolute Gasteiger partial charge is 0.383 e. The molecule has 17 heavy (non-hydrogen) atoms. The average Bonchev–Trinajstić information content (AvgIpc) is 2.21. The number of ether oxygens (including phenoxy) is 1. The lowest BCUT2D eigenvalue weighted by Crippen LogP contribution is -2.35. The smallest absolute Gasteiger partial charge is 0.211 e. The van der Waals surface area contributed by atoms with Crippen molar-refractivity contribution in [2.45, 2.75) is 25.7 Å². The lowest BCUT2D eigenvalue weighted by molar-refractivity contribution is 0.199. The van der Waals surface area contributed by atoms with Crippen LogP contribution in [0.25, 0.3) is 0 Å². The third-order valence-electron chi connectivity index (χ3n) is 3.13. The number of hydrogen-bond acceptors (Lipinski definition) is 4. The van der Waals surface area contributed by atoms with E-state index in [9.17, 15) is 8.42 Å². The lowest BCUT2D eigenvalue weighted by Gasteiger charge is -2.24. The van der Waals surface area contributed by atoms with Crippen molar-refractivity contribution in [1.82, 2.24) is 10.0 Å². The minimum Gasteiger partial charge on any atom is -0.383 e. The lowest BCUT2D eigenvalue weighted by atomic mass is 9.84. The van der Waals surface area contributed by atoms with E-state index in [0.29, 0.717) is 25.6 Å². The maximum atomic E-state index is 11.6. The zero-order valence-electron chi connectivity index (χ0n) is 10.6. The summed E-state index contributed by atoms with van der Waals surface area (Å²) in [4.78, 5) is 0. The van der Waals surface area contributed by atoms with Gasteiger partial charge in [-0.1, -0.05) is 19.3 Å². The highest BCUT2D eigenvalue weighted by molar-refractivity contribution is 7.89. The van der Waals surface area contributed by atoms with E-state index in [1.54, 1.807) is 7.11 Å². The SMILES string of the molecule is COCCNCCNS(=O)(=O)CCC1CCC1. The fraction of sp³-hybridized carbons (Fsp3) is 1.00. The zero-order chi connectivity index (χ0) is 12.6. The minimum absolute atomic E-state index is 0.274. The third kappa shape index (κ3) is 6.98. The fourth-order valence-electron chi connectivity index (χ4n) is 1.77. The molecule has 1 aliphatic rings. The van der Waals surface area contributed by atoms with E-state index in [0.717, 1.165) is 13.0 Å². The Balaban J connectivity index is 1.99. The average molecular weight is 264 g/mol. The third-order valence-corrected chi connectivity index (χ3v) is 4.54. The predicted octanol–water partition coefficient (Wildman–Crippen LogP) is 0.332. The molecule has 0 aromatic heterocycles. The highest BCUT2D eigenvalue weighted by Crippen LogP contribution is 2.29. The second kappa shape index (κ2) is 8.02. The standard InChI is InChI=1S/C11H24N2O3S/c1-16-9-8-12-6-7-13-17(14,15)10-5-11-3-2-4-11/h11-13H,2-10H2,1H3. The van der Waals surface area contributed by atoms with E-state index in [-0.39, 0.29) is 5.75 Å². The molecule has 0 bridgehead atoms. The van der Waals surface area contributed by atoms with Crippen molar-refractivity contribution in [2.24, 2.45) is 5.92 Å². The molecule has 5 nitrogen and oxygen atoms in total. The Bertz CT molecular complexity index is 289. The molecule has 1 rings (SSSR count). The van der Waals surface area contributed by atoms with Crippen molar-refractivity contribution in [2.75, 3.05) is 39.1 Å². The van der Waals surface area contributed by atoms with Gasteiger partial charge in [-0.25, -0.2) is 13.1 Å². The molecule has 1 aliphatic carbocycles. The molecule has 0 aliphatic heterocycles. The summed E-state index contributed by atoms with van der Waals surface area (Å²) >= 11 is 0. The Kier molecular flexibility index (Phi) is 7.03. The number of hydrogen-bond donors (Lipinski definition) is 2. The molecule has 0 amide bonds. The van der Waals surface area contributed by atoms with Crippen LogP contribution in [-0.4, -0.2) is 47.5 Å². The van der Waals surface area contributed by atoms with Gasteiger partial charge in [0.1, 0.15) is 0 Å². The number of nitrogens with one attached hydrogen (secondary N) is 2. The monoisotopic (exact) mass is 264 g/mol. The molecule has 0 aromatic carbocycles. The summed E-state index contributed by atoms with van der Waals surface area (Å²) in [5, 5.41) is 3.09. The van der Waals surface area contributed by atoms with Crippen molar-refractivity contribution in [1.29, 1.82) is 0 Å². The molecule has 2 N–H and O–H groups in total. The zero-order valence-corrected chi connectivity index (χ0v) is 11.4. The normalized spacial score (nSPS) is 17.0. The van der Waals surface area contributed by atoms with Gasteiger partial charge >= 0.3 is 0 Å². The molecule has 0 unspecified atom stereocenters. The Hall–Kier alpha value is -0.170. The second-order valence-electron chi connectivity index (χ2n) is 4.54. The van der Waals surface area contributed by atoms with Crippen LogP contribution in [0.5, 0.6) is 0 Å². The minimum atomic E-state index is -3.07. The van der Waals surface area contributed by atoms with Gasteiger partial charge in [-0.15, -0.1) is 0 Å². The molecule has 1 saturated carbocycles. The number of sulfonamides is 1. The van der Waals surface area contributed by atoms with E-state index < -0.39 is 10.0 Å². The number of methoxy groups -OCH3 is 1. The molecule has 0 saturated heterocycles. The molecule has 102 valence electrons. The summed E-state index contributed by atoms with van der Waals surface area (Å²) in [6.07, 6.45) is 4.48. The van der Waals surface area contributed by atoms with Crippen LogP contribution in [0.2, 0.25) is 0 Å². The molecular weight excluding hydrogens is 240 g/mol. The highest BCUT2D eigenvalue weighted by Gasteiger charge is 2.20. The van der Waals surface area contributed by atoms with Crippen LogP contribution in [0.4, 0.5) is 0 Å². The molecule has 0 radical (unpaired) electrons. The first-order chi connectivity index (χ1) is 8.14. The summed E-state index contributed by atoms with van der Waals surface area (Å²) in [5.74, 6) is 0.918. The Morgan fingerprint density at radius 2 is 2.00 bits per heavy atom. The van der Waals surface area contributed by atoms with Gasteiger partial charge in [0.15, 0.2) is 0 Å². The van der Waals surface area contributed by atoms with Gasteiger partial charge in [-0.3, -0.25) is 0 Å². The van der Waals surface area contributed by atoms with Gasteiger partial charge in [-0.05, 0) is 12.3 Å². The summed E-state index contributed by atoms with van der Waals surface area (Å²) in [5.41, 5.74) is 0. The van der Waals surface area contributed by atoms with Crippen LogP contribution in [0.15, 0.2) is 0 Å². The summed E-state index contributed by atoms with van der Waals surface area (Å²) < 4.78 is 30.7. The molecule has 6 heteroatoms. The Morgan fingerprint density at radius 3 is 2.59 bits per heavy atom. The van der Waals surface area contributed by atoms with Crippen molar-refractivity contribution in [3.63, 3.8) is 0 Å². The number of rotatable bonds is 10. The first-order valence-corrected chi connectivity index (χ1v) is 7.96. The molecular formula is C11H24N2O3S. The Labute approximate surface area is 104 Å². The highest BCUT2D eigenvalue weighted by atomic mass is 32.2. The van der Waals surface area contributed by atoms with Crippen molar-refractivity contribution in [3.05, 3.63) is 0 Å². The molecule has 0 atom stereocenters. The van der Waals surface area contributed by atoms with Crippen molar-refractivity contribution < 1.29 is 13.2 Å². The van der Waals surface area contributed by atoms with Gasteiger partial charge in [0.05, 0.1) is 12.4 Å². The van der Waals surface area contributed by atoms with E-state index in [1.807, 2.05) is 0 Å². The van der Waals surface area contributed by atoms with Gasteiger partial charge in [0.2, 0.25) is 10.0 Å². The first kappa shape index (κ1) is 14.9. The summed E-state index contributed by atoms with van der Waals surface area (Å²) in [6, 6.07) is 0. The quantitative estimate of drug-likeness (QED) is 0.558. The molecule has 0 spiro atoms. The maximum absolute atomic E-state index is 11.6. The van der Waals surface area contributed by atoms with Crippen LogP contribution >= 0.6 is 0 Å². The van der Waals surface area contributed by atoms with Gasteiger partial charge < -0.3 is 10.1 Å². The fourth-order valence-corrected chi connectivity index (χ4v) is 2.97. The van der Waals surface area contributed by atoms with Crippen LogP contribution in [0.3, 0.4) is 0 Å². The van der Waals surface area contributed by atoms with E-state index >= 15 is 0 Å². The second-order valence-corrected chi connectivity index (χ2v) is 6.47. The Morgan fingerprint density at radius 1 is 1.24 bits per heavy atom. The van der Waals surface area contributed by atoms with Crippen LogP contribution < -0.4 is 10.0 Å². The van der Waals surface area contributed by atoms with Crippen LogP contribution in [-0.2, 0) is 14.8 Å². The topological polar surface area (TPSA) is 67.4 Å².